The Morgan fingerprint density at radius 1 is 1.37 bits per heavy atom. The second kappa shape index (κ2) is 6.63. The van der Waals surface area contributed by atoms with Crippen molar-refractivity contribution >= 4 is 23.3 Å². The Labute approximate surface area is 112 Å². The van der Waals surface area contributed by atoms with Crippen LogP contribution in [0.4, 0.5) is 16.2 Å². The van der Waals surface area contributed by atoms with Crippen molar-refractivity contribution in [3.8, 4) is 0 Å². The maximum atomic E-state index is 11.9. The highest BCUT2D eigenvalue weighted by Crippen LogP contribution is 2.24. The van der Waals surface area contributed by atoms with Gasteiger partial charge >= 0.3 is 6.03 Å². The highest BCUT2D eigenvalue weighted by atomic mass is 16.2. The molecular formula is C13H20N4O2. The number of imide groups is 1. The number of nitrogens with one attached hydrogen (secondary N) is 1. The molecule has 0 aliphatic rings. The minimum Gasteiger partial charge on any atom is -0.397 e. The number of hydrogen-bond donors (Lipinski definition) is 3. The highest BCUT2D eigenvalue weighted by Gasteiger charge is 2.23. The Balaban J connectivity index is 2.97. The Hall–Kier alpha value is -2.24. The molecule has 0 aromatic heterocycles. The van der Waals surface area contributed by atoms with Gasteiger partial charge in [-0.3, -0.25) is 10.1 Å². The van der Waals surface area contributed by atoms with E-state index in [2.05, 4.69) is 5.32 Å². The highest BCUT2D eigenvalue weighted by molar-refractivity contribution is 5.98. The Bertz CT molecular complexity index is 462. The van der Waals surface area contributed by atoms with Gasteiger partial charge < -0.3 is 16.4 Å². The summed E-state index contributed by atoms with van der Waals surface area (Å²) in [6.07, 6.45) is 0.850. The van der Waals surface area contributed by atoms with E-state index >= 15 is 0 Å². The van der Waals surface area contributed by atoms with Crippen LogP contribution in [0.15, 0.2) is 24.3 Å². The maximum absolute atomic E-state index is 11.9. The zero-order chi connectivity index (χ0) is 14.4. The summed E-state index contributed by atoms with van der Waals surface area (Å²) in [6, 6.07) is 5.92. The van der Waals surface area contributed by atoms with Gasteiger partial charge in [0.05, 0.1) is 11.4 Å². The topological polar surface area (TPSA) is 101 Å². The third-order valence-corrected chi connectivity index (χ3v) is 2.80. The normalized spacial score (nSPS) is 11.7. The number of nitrogens with two attached hydrogens (primary N) is 2. The van der Waals surface area contributed by atoms with Crippen molar-refractivity contribution in [1.29, 1.82) is 0 Å². The van der Waals surface area contributed by atoms with E-state index in [4.69, 9.17) is 11.5 Å². The van der Waals surface area contributed by atoms with E-state index in [-0.39, 0.29) is 0 Å². The second-order valence-electron chi connectivity index (χ2n) is 4.28. The molecule has 5 N–H and O–H groups in total. The van der Waals surface area contributed by atoms with Gasteiger partial charge in [0.1, 0.15) is 6.04 Å². The number of hydrogen-bond acceptors (Lipinski definition) is 4. The lowest BCUT2D eigenvalue weighted by Gasteiger charge is -2.30. The summed E-state index contributed by atoms with van der Waals surface area (Å²) >= 11 is 0. The summed E-state index contributed by atoms with van der Waals surface area (Å²) in [5.74, 6) is -0.441. The van der Waals surface area contributed by atoms with Crippen molar-refractivity contribution in [2.24, 2.45) is 5.73 Å². The third-order valence-electron chi connectivity index (χ3n) is 2.80. The fraction of sp³-hybridized carbons (Fsp3) is 0.385. The van der Waals surface area contributed by atoms with E-state index in [9.17, 15) is 9.59 Å². The number of amides is 3. The van der Waals surface area contributed by atoms with Gasteiger partial charge in [-0.05, 0) is 25.5 Å². The zero-order valence-electron chi connectivity index (χ0n) is 11.2. The molecule has 1 atom stereocenters. The van der Waals surface area contributed by atoms with Crippen molar-refractivity contribution < 1.29 is 9.59 Å². The summed E-state index contributed by atoms with van der Waals surface area (Å²) in [5.41, 5.74) is 12.3. The van der Waals surface area contributed by atoms with Gasteiger partial charge in [-0.2, -0.15) is 0 Å². The summed E-state index contributed by atoms with van der Waals surface area (Å²) < 4.78 is 0. The number of benzene rings is 1. The standard InChI is InChI=1S/C13H20N4O2/c1-3-8-17(9(2)12(18)16-13(15)19)11-7-5-4-6-10(11)14/h4-7,9H,3,8,14H2,1-2H3,(H3,15,16,18,19). The number of anilines is 2. The minimum absolute atomic E-state index is 0.441. The van der Waals surface area contributed by atoms with Crippen molar-refractivity contribution in [3.63, 3.8) is 0 Å². The lowest BCUT2D eigenvalue weighted by atomic mass is 10.1. The summed E-state index contributed by atoms with van der Waals surface area (Å²) in [7, 11) is 0. The summed E-state index contributed by atoms with van der Waals surface area (Å²) in [5, 5.41) is 2.09. The molecule has 3 amide bonds. The van der Waals surface area contributed by atoms with Crippen LogP contribution in [0.3, 0.4) is 0 Å². The van der Waals surface area contributed by atoms with E-state index in [1.807, 2.05) is 30.0 Å². The smallest absolute Gasteiger partial charge is 0.318 e. The monoisotopic (exact) mass is 264 g/mol. The first kappa shape index (κ1) is 14.8. The fourth-order valence-corrected chi connectivity index (χ4v) is 1.88. The second-order valence-corrected chi connectivity index (χ2v) is 4.28. The first-order valence-corrected chi connectivity index (χ1v) is 6.18. The molecule has 0 spiro atoms. The Morgan fingerprint density at radius 3 is 2.53 bits per heavy atom. The summed E-state index contributed by atoms with van der Waals surface area (Å²) in [6.45, 7) is 4.37. The molecule has 104 valence electrons. The molecular weight excluding hydrogens is 244 g/mol. The zero-order valence-corrected chi connectivity index (χ0v) is 11.2. The van der Waals surface area contributed by atoms with E-state index in [1.54, 1.807) is 13.0 Å². The van der Waals surface area contributed by atoms with Gasteiger partial charge in [0.2, 0.25) is 5.91 Å². The van der Waals surface area contributed by atoms with Crippen LogP contribution in [0.1, 0.15) is 20.3 Å². The van der Waals surface area contributed by atoms with Gasteiger partial charge in [-0.25, -0.2) is 4.79 Å². The first-order chi connectivity index (χ1) is 8.97. The van der Waals surface area contributed by atoms with Crippen LogP contribution in [0.5, 0.6) is 0 Å². The van der Waals surface area contributed by atoms with Crippen molar-refractivity contribution in [1.82, 2.24) is 5.32 Å². The van der Waals surface area contributed by atoms with Crippen molar-refractivity contribution in [2.75, 3.05) is 17.2 Å². The predicted octanol–water partition coefficient (Wildman–Crippen LogP) is 1.07. The molecule has 0 saturated carbocycles. The molecule has 0 radical (unpaired) electrons. The molecule has 0 bridgehead atoms. The molecule has 0 saturated heterocycles. The molecule has 6 heteroatoms. The van der Waals surface area contributed by atoms with E-state index in [1.165, 1.54) is 0 Å². The lowest BCUT2D eigenvalue weighted by molar-refractivity contribution is -0.120. The molecule has 0 fully saturated rings. The molecule has 19 heavy (non-hydrogen) atoms. The maximum Gasteiger partial charge on any atom is 0.318 e. The fourth-order valence-electron chi connectivity index (χ4n) is 1.88. The van der Waals surface area contributed by atoms with Gasteiger partial charge in [0, 0.05) is 6.54 Å². The van der Waals surface area contributed by atoms with E-state index < -0.39 is 18.0 Å². The SMILES string of the molecule is CCCN(c1ccccc1N)C(C)C(=O)NC(N)=O. The number of carbonyl (C=O) groups is 2. The number of nitrogen functional groups attached to an aromatic ring is 1. The lowest BCUT2D eigenvalue weighted by Crippen LogP contribution is -2.49. The van der Waals surface area contributed by atoms with Crippen LogP contribution >= 0.6 is 0 Å². The molecule has 0 aliphatic heterocycles. The summed E-state index contributed by atoms with van der Waals surface area (Å²) in [4.78, 5) is 24.5. The molecule has 1 aromatic rings. The van der Waals surface area contributed by atoms with Crippen molar-refractivity contribution in [3.05, 3.63) is 24.3 Å². The number of para-hydroxylation sites is 2. The van der Waals surface area contributed by atoms with Crippen molar-refractivity contribution in [2.45, 2.75) is 26.3 Å². The Morgan fingerprint density at radius 2 is 2.00 bits per heavy atom. The van der Waals surface area contributed by atoms with Crippen LogP contribution in [0, 0.1) is 0 Å². The van der Waals surface area contributed by atoms with Crippen LogP contribution in [0.2, 0.25) is 0 Å². The third kappa shape index (κ3) is 3.87. The van der Waals surface area contributed by atoms with Crippen LogP contribution in [0.25, 0.3) is 0 Å². The number of primary amides is 1. The van der Waals surface area contributed by atoms with Gasteiger partial charge in [-0.15, -0.1) is 0 Å². The molecule has 0 aliphatic carbocycles. The predicted molar refractivity (Wildman–Crippen MR) is 75.7 cm³/mol. The Kier molecular flexibility index (Phi) is 5.17. The molecule has 0 heterocycles. The minimum atomic E-state index is -0.852. The molecule has 1 rings (SSSR count). The number of urea groups is 1. The van der Waals surface area contributed by atoms with E-state index in [0.29, 0.717) is 12.2 Å². The number of rotatable bonds is 5. The number of carbonyl (C=O) groups excluding carboxylic acids is 2. The molecule has 1 unspecified atom stereocenters. The molecule has 6 nitrogen and oxygen atoms in total. The van der Waals surface area contributed by atoms with Gasteiger partial charge in [-0.1, -0.05) is 19.1 Å². The average molecular weight is 264 g/mol. The van der Waals surface area contributed by atoms with Crippen LogP contribution in [-0.2, 0) is 4.79 Å². The molecule has 1 aromatic carbocycles. The first-order valence-electron chi connectivity index (χ1n) is 6.18. The van der Waals surface area contributed by atoms with E-state index in [0.717, 1.165) is 12.1 Å². The van der Waals surface area contributed by atoms with Gasteiger partial charge in [0.25, 0.3) is 0 Å². The van der Waals surface area contributed by atoms with Crippen LogP contribution < -0.4 is 21.7 Å². The van der Waals surface area contributed by atoms with Gasteiger partial charge in [0.15, 0.2) is 0 Å². The quantitative estimate of drug-likeness (QED) is 0.692. The largest absolute Gasteiger partial charge is 0.397 e. The number of nitrogens with zero attached hydrogens (tertiary/aromatic N) is 1. The average Bonchev–Trinajstić information content (AvgIpc) is 2.35. The van der Waals surface area contributed by atoms with Crippen LogP contribution in [-0.4, -0.2) is 24.5 Å².